The second-order valence-corrected chi connectivity index (χ2v) is 4.69. The van der Waals surface area contributed by atoms with Crippen LogP contribution < -0.4 is 0 Å². The SMILES string of the molecule is CCC[CH2][AlH][Cl].[c]1ccccc1. The summed E-state index contributed by atoms with van der Waals surface area (Å²) in [6, 6.07) is 12.5. The van der Waals surface area contributed by atoms with Gasteiger partial charge in [-0.25, -0.2) is 0 Å². The average molecular weight is 198 g/mol. The monoisotopic (exact) mass is 197 g/mol. The van der Waals surface area contributed by atoms with Gasteiger partial charge in [-0.2, -0.15) is 0 Å². The quantitative estimate of drug-likeness (QED) is 0.515. The van der Waals surface area contributed by atoms with E-state index in [1.807, 2.05) is 30.3 Å². The third-order valence-electron chi connectivity index (χ3n) is 1.34. The van der Waals surface area contributed by atoms with Gasteiger partial charge in [0.1, 0.15) is 0 Å². The summed E-state index contributed by atoms with van der Waals surface area (Å²) >= 11 is -0.125. The van der Waals surface area contributed by atoms with Crippen LogP contribution in [0.15, 0.2) is 30.3 Å². The molecule has 0 aliphatic rings. The summed E-state index contributed by atoms with van der Waals surface area (Å²) in [6.07, 6.45) is 2.65. The summed E-state index contributed by atoms with van der Waals surface area (Å²) in [4.78, 5) is 0. The van der Waals surface area contributed by atoms with Crippen molar-refractivity contribution in [2.24, 2.45) is 0 Å². The Bertz CT molecular complexity index is 122. The standard InChI is InChI=1S/C6H5.C4H9.Al.ClH.H/c1-2-4-6-5-3-1;1-3-4-2;;;/h1-5H;1,3-4H2,2H3;;1H;/q;;+1;;/p-1. The summed E-state index contributed by atoms with van der Waals surface area (Å²) in [5.41, 5.74) is 0. The fraction of sp³-hybridized carbons (Fsp3) is 0.400. The highest BCUT2D eigenvalue weighted by Gasteiger charge is 1.83. The number of rotatable bonds is 3. The van der Waals surface area contributed by atoms with Gasteiger partial charge in [0, 0.05) is 0 Å². The van der Waals surface area contributed by atoms with E-state index in [9.17, 15) is 0 Å². The zero-order chi connectivity index (χ0) is 9.07. The number of benzene rings is 1. The van der Waals surface area contributed by atoms with E-state index in [2.05, 4.69) is 13.0 Å². The van der Waals surface area contributed by atoms with Crippen molar-refractivity contribution in [1.29, 1.82) is 0 Å². The molecule has 1 aromatic rings. The molecule has 0 atom stereocenters. The number of hydrogen-bond donors (Lipinski definition) is 0. The Morgan fingerprint density at radius 2 is 1.92 bits per heavy atom. The lowest BCUT2D eigenvalue weighted by molar-refractivity contribution is 0.882. The minimum absolute atomic E-state index is 0.125. The molecule has 0 bridgehead atoms. The first-order valence-corrected chi connectivity index (χ1v) is 7.52. The molecule has 65 valence electrons. The van der Waals surface area contributed by atoms with Gasteiger partial charge in [0.2, 0.25) is 0 Å². The molecule has 1 aromatic carbocycles. The van der Waals surface area contributed by atoms with Gasteiger partial charge in [0.25, 0.3) is 0 Å². The van der Waals surface area contributed by atoms with Crippen LogP contribution in [0.3, 0.4) is 0 Å². The summed E-state index contributed by atoms with van der Waals surface area (Å²) in [5, 5.41) is 1.32. The maximum absolute atomic E-state index is 5.52. The lowest BCUT2D eigenvalue weighted by Gasteiger charge is -1.82. The molecule has 0 aromatic heterocycles. The molecule has 0 aliphatic heterocycles. The molecule has 0 N–H and O–H groups in total. The van der Waals surface area contributed by atoms with Gasteiger partial charge < -0.3 is 0 Å². The Kier molecular flexibility index (Phi) is 11.1. The van der Waals surface area contributed by atoms with Gasteiger partial charge in [0.05, 0.1) is 0 Å². The molecule has 0 nitrogen and oxygen atoms in total. The Hall–Kier alpha value is 0.0425. The Labute approximate surface area is 85.9 Å². The fourth-order valence-electron chi connectivity index (χ4n) is 0.686. The highest BCUT2D eigenvalue weighted by Crippen LogP contribution is 1.93. The molecule has 1 radical (unpaired) electrons. The molecule has 0 saturated heterocycles. The molecule has 0 saturated carbocycles. The van der Waals surface area contributed by atoms with E-state index in [0.29, 0.717) is 0 Å². The highest BCUT2D eigenvalue weighted by molar-refractivity contribution is 6.93. The van der Waals surface area contributed by atoms with E-state index in [4.69, 9.17) is 10.0 Å². The van der Waals surface area contributed by atoms with E-state index in [1.54, 1.807) is 0 Å². The van der Waals surface area contributed by atoms with Crippen LogP contribution in [0.1, 0.15) is 19.8 Å². The van der Waals surface area contributed by atoms with Crippen LogP contribution in [0, 0.1) is 6.07 Å². The first-order chi connectivity index (χ1) is 5.91. The smallest absolute Gasteiger partial charge is 0.267 e. The molecular formula is C10H15AlCl. The molecule has 12 heavy (non-hydrogen) atoms. The summed E-state index contributed by atoms with van der Waals surface area (Å²) in [5.74, 6) is 0. The Balaban J connectivity index is 0.000000202. The van der Waals surface area contributed by atoms with Gasteiger partial charge >= 0.3 is 14.3 Å². The normalized spacial score (nSPS) is 8.17. The van der Waals surface area contributed by atoms with Gasteiger partial charge in [0.15, 0.2) is 0 Å². The molecule has 0 fully saturated rings. The summed E-state index contributed by atoms with van der Waals surface area (Å²) in [7, 11) is 5.52. The maximum atomic E-state index is 5.52. The largest absolute Gasteiger partial charge is 0.376 e. The molecule has 2 heteroatoms. The van der Waals surface area contributed by atoms with Crippen molar-refractivity contribution in [1.82, 2.24) is 0 Å². The molecule has 0 amide bonds. The van der Waals surface area contributed by atoms with E-state index in [1.165, 1.54) is 18.1 Å². The van der Waals surface area contributed by atoms with Gasteiger partial charge in [-0.15, -0.1) is 0 Å². The van der Waals surface area contributed by atoms with Crippen molar-refractivity contribution >= 4 is 24.3 Å². The second-order valence-electron chi connectivity index (χ2n) is 2.47. The van der Waals surface area contributed by atoms with Crippen LogP contribution in [0.25, 0.3) is 0 Å². The summed E-state index contributed by atoms with van der Waals surface area (Å²) < 4.78 is 0. The van der Waals surface area contributed by atoms with Crippen LogP contribution in [0.4, 0.5) is 0 Å². The Morgan fingerprint density at radius 1 is 1.25 bits per heavy atom. The molecule has 0 heterocycles. The highest BCUT2D eigenvalue weighted by atomic mass is 35.6. The van der Waals surface area contributed by atoms with Gasteiger partial charge in [-0.1, -0.05) is 55.4 Å². The van der Waals surface area contributed by atoms with Crippen molar-refractivity contribution in [3.8, 4) is 0 Å². The van der Waals surface area contributed by atoms with E-state index < -0.39 is 0 Å². The van der Waals surface area contributed by atoms with Crippen LogP contribution in [0.5, 0.6) is 0 Å². The third kappa shape index (κ3) is 10.0. The van der Waals surface area contributed by atoms with Crippen molar-refractivity contribution in [3.63, 3.8) is 0 Å². The first kappa shape index (κ1) is 12.0. The van der Waals surface area contributed by atoms with Crippen LogP contribution in [0.2, 0.25) is 5.28 Å². The zero-order valence-corrected chi connectivity index (χ0v) is 9.76. The lowest BCUT2D eigenvalue weighted by Crippen LogP contribution is -1.73. The minimum atomic E-state index is -0.125. The number of halogens is 1. The predicted molar refractivity (Wildman–Crippen MR) is 58.0 cm³/mol. The predicted octanol–water partition coefficient (Wildman–Crippen LogP) is 3.28. The van der Waals surface area contributed by atoms with Crippen LogP contribution in [-0.4, -0.2) is 14.3 Å². The van der Waals surface area contributed by atoms with E-state index in [-0.39, 0.29) is 14.3 Å². The van der Waals surface area contributed by atoms with Gasteiger partial charge in [-0.05, 0) is 6.07 Å². The number of unbranched alkanes of at least 4 members (excludes halogenated alkanes) is 1. The summed E-state index contributed by atoms with van der Waals surface area (Å²) in [6.45, 7) is 2.20. The third-order valence-corrected chi connectivity index (χ3v) is 2.91. The van der Waals surface area contributed by atoms with Crippen LogP contribution >= 0.6 is 10.0 Å². The molecule has 0 spiro atoms. The van der Waals surface area contributed by atoms with Crippen LogP contribution in [-0.2, 0) is 0 Å². The molecular weight excluding hydrogens is 183 g/mol. The minimum Gasteiger partial charge on any atom is -0.267 e. The lowest BCUT2D eigenvalue weighted by atomic mass is 10.4. The molecule has 1 rings (SSSR count). The number of hydrogen-bond acceptors (Lipinski definition) is 0. The topological polar surface area (TPSA) is 0 Å². The van der Waals surface area contributed by atoms with Crippen molar-refractivity contribution < 1.29 is 0 Å². The maximum Gasteiger partial charge on any atom is 0.376 e. The van der Waals surface area contributed by atoms with Gasteiger partial charge in [-0.3, -0.25) is 10.0 Å². The second kappa shape index (κ2) is 11.0. The zero-order valence-electron chi connectivity index (χ0n) is 7.59. The first-order valence-electron chi connectivity index (χ1n) is 4.39. The average Bonchev–Trinajstić information content (AvgIpc) is 2.18. The fourth-order valence-corrected chi connectivity index (χ4v) is 1.94. The Morgan fingerprint density at radius 3 is 2.08 bits per heavy atom. The van der Waals surface area contributed by atoms with Crippen molar-refractivity contribution in [3.05, 3.63) is 36.4 Å². The molecule has 0 aliphatic carbocycles. The molecule has 0 unspecified atom stereocenters. The van der Waals surface area contributed by atoms with E-state index in [0.717, 1.165) is 0 Å². The van der Waals surface area contributed by atoms with Crippen molar-refractivity contribution in [2.75, 3.05) is 0 Å². The van der Waals surface area contributed by atoms with E-state index >= 15 is 0 Å². The van der Waals surface area contributed by atoms with Crippen molar-refractivity contribution in [2.45, 2.75) is 25.0 Å².